The van der Waals surface area contributed by atoms with Crippen LogP contribution < -0.4 is 4.90 Å². The molecule has 2 aliphatic rings. The van der Waals surface area contributed by atoms with E-state index >= 15 is 0 Å². The van der Waals surface area contributed by atoms with E-state index < -0.39 is 5.41 Å². The predicted octanol–water partition coefficient (Wildman–Crippen LogP) is 12.2. The largest absolute Gasteiger partial charge is 0.459 e. The van der Waals surface area contributed by atoms with Crippen molar-refractivity contribution in [3.8, 4) is 33.4 Å². The second kappa shape index (κ2) is 10.2. The standard InChI is InChI=1S/C46H31NO/c1-30-24-26-36-35-19-8-11-21-39(35)46(40(36)28-30)41-29-33(25-27-37(41)44-38-20-10-13-23-43(38)48-45(44)46)47(32-16-6-3-7-17-32)42-22-12-9-18-34(42)31-14-4-2-5-15-31/h2-29H,1H3. The van der Waals surface area contributed by atoms with Crippen molar-refractivity contribution in [2.45, 2.75) is 12.3 Å². The number of furan rings is 1. The molecule has 226 valence electrons. The van der Waals surface area contributed by atoms with Crippen LogP contribution in [0, 0.1) is 6.92 Å². The van der Waals surface area contributed by atoms with E-state index in [-0.39, 0.29) is 0 Å². The lowest BCUT2D eigenvalue weighted by molar-refractivity contribution is 0.506. The molecule has 0 saturated carbocycles. The molecule has 48 heavy (non-hydrogen) atoms. The number of fused-ring (bicyclic) bond motifs is 12. The van der Waals surface area contributed by atoms with E-state index in [4.69, 9.17) is 4.42 Å². The van der Waals surface area contributed by atoms with Crippen LogP contribution in [0.2, 0.25) is 0 Å². The van der Waals surface area contributed by atoms with Crippen LogP contribution in [0.15, 0.2) is 174 Å². The highest BCUT2D eigenvalue weighted by Gasteiger charge is 2.55. The van der Waals surface area contributed by atoms with Gasteiger partial charge in [-0.3, -0.25) is 0 Å². The maximum atomic E-state index is 7.02. The Labute approximate surface area is 280 Å². The third kappa shape index (κ3) is 3.63. The number of hydrogen-bond donors (Lipinski definition) is 0. The van der Waals surface area contributed by atoms with Crippen LogP contribution in [0.25, 0.3) is 44.3 Å². The summed E-state index contributed by atoms with van der Waals surface area (Å²) in [7, 11) is 0. The monoisotopic (exact) mass is 613 g/mol. The van der Waals surface area contributed by atoms with Crippen molar-refractivity contribution in [3.05, 3.63) is 198 Å². The van der Waals surface area contributed by atoms with E-state index in [0.717, 1.165) is 33.8 Å². The van der Waals surface area contributed by atoms with E-state index in [0.29, 0.717) is 0 Å². The average Bonchev–Trinajstić information content (AvgIpc) is 3.76. The van der Waals surface area contributed by atoms with Gasteiger partial charge in [-0.2, -0.15) is 0 Å². The minimum Gasteiger partial charge on any atom is -0.459 e. The summed E-state index contributed by atoms with van der Waals surface area (Å²) < 4.78 is 7.02. The van der Waals surface area contributed by atoms with Gasteiger partial charge in [0.1, 0.15) is 16.8 Å². The molecule has 0 radical (unpaired) electrons. The van der Waals surface area contributed by atoms with Crippen molar-refractivity contribution in [1.82, 2.24) is 0 Å². The van der Waals surface area contributed by atoms with E-state index in [1.165, 1.54) is 55.6 Å². The van der Waals surface area contributed by atoms with Gasteiger partial charge in [0.25, 0.3) is 0 Å². The van der Waals surface area contributed by atoms with Gasteiger partial charge in [-0.05, 0) is 82.3 Å². The summed E-state index contributed by atoms with van der Waals surface area (Å²) in [6.07, 6.45) is 0. The molecule has 1 unspecified atom stereocenters. The highest BCUT2D eigenvalue weighted by Crippen LogP contribution is 2.65. The zero-order valence-electron chi connectivity index (χ0n) is 26.5. The highest BCUT2D eigenvalue weighted by atomic mass is 16.3. The zero-order valence-corrected chi connectivity index (χ0v) is 26.5. The van der Waals surface area contributed by atoms with Gasteiger partial charge in [-0.15, -0.1) is 0 Å². The third-order valence-corrected chi connectivity index (χ3v) is 10.3. The summed E-state index contributed by atoms with van der Waals surface area (Å²) in [4.78, 5) is 2.41. The highest BCUT2D eigenvalue weighted by molar-refractivity contribution is 6.05. The lowest BCUT2D eigenvalue weighted by Crippen LogP contribution is -2.26. The molecule has 0 aliphatic heterocycles. The summed E-state index contributed by atoms with van der Waals surface area (Å²) in [5.74, 6) is 1.02. The Kier molecular flexibility index (Phi) is 5.74. The molecule has 2 aliphatic carbocycles. The second-order valence-electron chi connectivity index (χ2n) is 12.9. The van der Waals surface area contributed by atoms with Crippen molar-refractivity contribution in [2.24, 2.45) is 0 Å². The number of nitrogens with zero attached hydrogens (tertiary/aromatic N) is 1. The van der Waals surface area contributed by atoms with E-state index in [9.17, 15) is 0 Å². The normalized spacial score (nSPS) is 15.3. The number of para-hydroxylation sites is 3. The SMILES string of the molecule is Cc1ccc2c(c1)C1(c3ccccc3-2)c2cc(N(c3ccccc3)c3ccccc3-c3ccccc3)ccc2-c2c1oc1ccccc21. The fourth-order valence-corrected chi connectivity index (χ4v) is 8.36. The van der Waals surface area contributed by atoms with Crippen LogP contribution in [-0.2, 0) is 5.41 Å². The van der Waals surface area contributed by atoms with Gasteiger partial charge in [0.15, 0.2) is 0 Å². The Bertz CT molecular complexity index is 2530. The van der Waals surface area contributed by atoms with Crippen LogP contribution in [0.3, 0.4) is 0 Å². The molecule has 1 aromatic heterocycles. The average molecular weight is 614 g/mol. The Morgan fingerprint density at radius 2 is 1.12 bits per heavy atom. The van der Waals surface area contributed by atoms with E-state index in [2.05, 4.69) is 182 Å². The third-order valence-electron chi connectivity index (χ3n) is 10.3. The van der Waals surface area contributed by atoms with Crippen LogP contribution in [0.1, 0.15) is 28.0 Å². The predicted molar refractivity (Wildman–Crippen MR) is 197 cm³/mol. The van der Waals surface area contributed by atoms with Crippen LogP contribution in [0.5, 0.6) is 0 Å². The van der Waals surface area contributed by atoms with Gasteiger partial charge in [-0.25, -0.2) is 0 Å². The first kappa shape index (κ1) is 27.0. The minimum atomic E-state index is -0.584. The van der Waals surface area contributed by atoms with E-state index in [1.807, 2.05) is 0 Å². The molecule has 0 N–H and O–H groups in total. The number of hydrogen-bond acceptors (Lipinski definition) is 2. The molecule has 1 atom stereocenters. The summed E-state index contributed by atoms with van der Waals surface area (Å²) >= 11 is 0. The Hall–Kier alpha value is -6.12. The molecule has 0 fully saturated rings. The van der Waals surface area contributed by atoms with Crippen molar-refractivity contribution in [3.63, 3.8) is 0 Å². The van der Waals surface area contributed by atoms with E-state index in [1.54, 1.807) is 0 Å². The fraction of sp³-hybridized carbons (Fsp3) is 0.0435. The maximum Gasteiger partial charge on any atom is 0.135 e. The Morgan fingerprint density at radius 1 is 0.479 bits per heavy atom. The van der Waals surface area contributed by atoms with Gasteiger partial charge in [0.2, 0.25) is 0 Å². The van der Waals surface area contributed by atoms with Gasteiger partial charge in [-0.1, -0.05) is 139 Å². The molecule has 2 nitrogen and oxygen atoms in total. The zero-order chi connectivity index (χ0) is 31.8. The molecule has 1 heterocycles. The van der Waals surface area contributed by atoms with Crippen LogP contribution in [0.4, 0.5) is 17.1 Å². The first-order valence-corrected chi connectivity index (χ1v) is 16.6. The number of anilines is 3. The Balaban J connectivity index is 1.30. The van der Waals surface area contributed by atoms with Gasteiger partial charge in [0.05, 0.1) is 5.69 Å². The molecular formula is C46H31NO. The molecule has 10 rings (SSSR count). The van der Waals surface area contributed by atoms with Crippen LogP contribution >= 0.6 is 0 Å². The maximum absolute atomic E-state index is 7.02. The van der Waals surface area contributed by atoms with Gasteiger partial charge < -0.3 is 9.32 Å². The summed E-state index contributed by atoms with van der Waals surface area (Å²) in [6, 6.07) is 61.5. The smallest absolute Gasteiger partial charge is 0.135 e. The Morgan fingerprint density at radius 3 is 1.98 bits per heavy atom. The molecule has 0 amide bonds. The molecule has 7 aromatic carbocycles. The molecular weight excluding hydrogens is 583 g/mol. The lowest BCUT2D eigenvalue weighted by atomic mass is 9.73. The van der Waals surface area contributed by atoms with Gasteiger partial charge in [0, 0.05) is 27.9 Å². The summed E-state index contributed by atoms with van der Waals surface area (Å²) in [5, 5.41) is 1.16. The topological polar surface area (TPSA) is 16.4 Å². The number of benzene rings is 7. The molecule has 8 aromatic rings. The molecule has 0 saturated heterocycles. The second-order valence-corrected chi connectivity index (χ2v) is 12.9. The van der Waals surface area contributed by atoms with Crippen molar-refractivity contribution in [2.75, 3.05) is 4.90 Å². The molecule has 2 heteroatoms. The number of rotatable bonds is 4. The minimum absolute atomic E-state index is 0.584. The summed E-state index contributed by atoms with van der Waals surface area (Å²) in [6.45, 7) is 2.19. The first-order chi connectivity index (χ1) is 23.7. The van der Waals surface area contributed by atoms with Gasteiger partial charge >= 0.3 is 0 Å². The fourth-order valence-electron chi connectivity index (χ4n) is 8.36. The number of aryl methyl sites for hydroxylation is 1. The van der Waals surface area contributed by atoms with Crippen molar-refractivity contribution >= 4 is 28.0 Å². The van der Waals surface area contributed by atoms with Crippen molar-refractivity contribution < 1.29 is 4.42 Å². The lowest BCUT2D eigenvalue weighted by Gasteiger charge is -2.31. The van der Waals surface area contributed by atoms with Crippen molar-refractivity contribution in [1.29, 1.82) is 0 Å². The molecule has 0 bridgehead atoms. The first-order valence-electron chi connectivity index (χ1n) is 16.6. The quantitative estimate of drug-likeness (QED) is 0.196. The van der Waals surface area contributed by atoms with Crippen LogP contribution in [-0.4, -0.2) is 0 Å². The summed E-state index contributed by atoms with van der Waals surface area (Å²) in [5.41, 5.74) is 16.1. The molecule has 1 spiro atoms.